The first-order valence-electron chi connectivity index (χ1n) is 7.01. The average molecular weight is 267 g/mol. The number of hydrogen-bond acceptors (Lipinski definition) is 4. The van der Waals surface area contributed by atoms with E-state index in [0.717, 1.165) is 39.0 Å². The van der Waals surface area contributed by atoms with Gasteiger partial charge in [-0.15, -0.1) is 11.3 Å². The van der Waals surface area contributed by atoms with Crippen LogP contribution in [0.15, 0.2) is 5.38 Å². The first-order chi connectivity index (χ1) is 8.62. The predicted octanol–water partition coefficient (Wildman–Crippen LogP) is 2.32. The highest BCUT2D eigenvalue weighted by Crippen LogP contribution is 2.23. The lowest BCUT2D eigenvalue weighted by molar-refractivity contribution is 0.103. The van der Waals surface area contributed by atoms with Crippen LogP contribution in [0.5, 0.6) is 0 Å². The molecule has 0 amide bonds. The van der Waals surface area contributed by atoms with E-state index >= 15 is 0 Å². The Morgan fingerprint density at radius 2 is 2.11 bits per heavy atom. The Hall–Kier alpha value is -0.450. The average Bonchev–Trinajstić information content (AvgIpc) is 2.77. The number of nitrogens with one attached hydrogen (secondary N) is 1. The van der Waals surface area contributed by atoms with E-state index < -0.39 is 0 Å². The van der Waals surface area contributed by atoms with Crippen molar-refractivity contribution >= 4 is 11.3 Å². The molecule has 0 aromatic carbocycles. The van der Waals surface area contributed by atoms with Gasteiger partial charge in [-0.2, -0.15) is 0 Å². The van der Waals surface area contributed by atoms with Gasteiger partial charge in [0.2, 0.25) is 0 Å². The molecular formula is C14H25N3S. The van der Waals surface area contributed by atoms with Crippen LogP contribution in [0.3, 0.4) is 0 Å². The van der Waals surface area contributed by atoms with E-state index in [2.05, 4.69) is 36.4 Å². The van der Waals surface area contributed by atoms with Gasteiger partial charge in [0.05, 0.1) is 10.7 Å². The number of piperazine rings is 1. The molecule has 1 N–H and O–H groups in total. The van der Waals surface area contributed by atoms with E-state index in [0.29, 0.717) is 0 Å². The van der Waals surface area contributed by atoms with Gasteiger partial charge in [0.1, 0.15) is 0 Å². The molecule has 1 aromatic rings. The Labute approximate surface area is 115 Å². The van der Waals surface area contributed by atoms with Crippen molar-refractivity contribution in [3.63, 3.8) is 0 Å². The molecule has 1 saturated heterocycles. The van der Waals surface area contributed by atoms with Gasteiger partial charge in [0.15, 0.2) is 0 Å². The van der Waals surface area contributed by atoms with E-state index in [-0.39, 0.29) is 5.54 Å². The van der Waals surface area contributed by atoms with Crippen LogP contribution in [0.4, 0.5) is 0 Å². The molecule has 0 spiro atoms. The summed E-state index contributed by atoms with van der Waals surface area (Å²) in [6.45, 7) is 11.4. The highest BCUT2D eigenvalue weighted by Gasteiger charge is 2.28. The van der Waals surface area contributed by atoms with Crippen LogP contribution in [0.25, 0.3) is 0 Å². The van der Waals surface area contributed by atoms with Crippen molar-refractivity contribution in [1.29, 1.82) is 0 Å². The Morgan fingerprint density at radius 1 is 1.39 bits per heavy atom. The summed E-state index contributed by atoms with van der Waals surface area (Å²) in [6.07, 6.45) is 3.37. The van der Waals surface area contributed by atoms with Crippen molar-refractivity contribution in [2.24, 2.45) is 0 Å². The minimum atomic E-state index is 0.226. The zero-order valence-corrected chi connectivity index (χ0v) is 12.6. The summed E-state index contributed by atoms with van der Waals surface area (Å²) in [5, 5.41) is 6.94. The second kappa shape index (κ2) is 6.13. The molecule has 3 nitrogen and oxygen atoms in total. The van der Waals surface area contributed by atoms with Crippen LogP contribution in [0.2, 0.25) is 0 Å². The Bertz CT molecular complexity index is 367. The highest BCUT2D eigenvalue weighted by atomic mass is 32.1. The minimum absolute atomic E-state index is 0.226. The van der Waals surface area contributed by atoms with E-state index in [1.807, 2.05) is 11.3 Å². The summed E-state index contributed by atoms with van der Waals surface area (Å²) in [6, 6.07) is 0. The third kappa shape index (κ3) is 3.53. The van der Waals surface area contributed by atoms with Crippen molar-refractivity contribution in [2.75, 3.05) is 26.2 Å². The van der Waals surface area contributed by atoms with Gasteiger partial charge in [-0.1, -0.05) is 13.3 Å². The van der Waals surface area contributed by atoms with Crippen molar-refractivity contribution in [3.05, 3.63) is 16.1 Å². The van der Waals surface area contributed by atoms with E-state index in [4.69, 9.17) is 4.98 Å². The second-order valence-electron chi connectivity index (χ2n) is 5.71. The molecule has 1 fully saturated rings. The number of rotatable bonds is 5. The molecule has 0 radical (unpaired) electrons. The number of thiazole rings is 1. The molecule has 1 aliphatic rings. The third-order valence-corrected chi connectivity index (χ3v) is 4.56. The van der Waals surface area contributed by atoms with Gasteiger partial charge in [0, 0.05) is 43.5 Å². The van der Waals surface area contributed by atoms with Crippen LogP contribution >= 0.6 is 11.3 Å². The van der Waals surface area contributed by atoms with Gasteiger partial charge in [0.25, 0.3) is 0 Å². The molecule has 0 atom stereocenters. The number of aromatic nitrogens is 1. The van der Waals surface area contributed by atoms with Crippen molar-refractivity contribution in [1.82, 2.24) is 15.2 Å². The highest BCUT2D eigenvalue weighted by molar-refractivity contribution is 7.09. The molecule has 1 aromatic heterocycles. The summed E-state index contributed by atoms with van der Waals surface area (Å²) in [5.74, 6) is 0. The molecule has 2 rings (SSSR count). The monoisotopic (exact) mass is 267 g/mol. The van der Waals surface area contributed by atoms with E-state index in [9.17, 15) is 0 Å². The normalized spacial score (nSPS) is 18.2. The fourth-order valence-electron chi connectivity index (χ4n) is 2.55. The summed E-state index contributed by atoms with van der Waals surface area (Å²) in [4.78, 5) is 7.34. The molecule has 0 saturated carbocycles. The molecule has 1 aliphatic heterocycles. The van der Waals surface area contributed by atoms with Crippen molar-refractivity contribution < 1.29 is 0 Å². The van der Waals surface area contributed by atoms with Gasteiger partial charge < -0.3 is 5.32 Å². The largest absolute Gasteiger partial charge is 0.314 e. The molecule has 0 bridgehead atoms. The standard InChI is InChI=1S/C14H25N3S/c1-4-5-12-11-18-13(16-12)10-14(2,3)17-8-6-15-7-9-17/h11,15H,4-10H2,1-3H3. The van der Waals surface area contributed by atoms with Gasteiger partial charge >= 0.3 is 0 Å². The lowest BCUT2D eigenvalue weighted by atomic mass is 9.97. The summed E-state index contributed by atoms with van der Waals surface area (Å²) < 4.78 is 0. The molecule has 18 heavy (non-hydrogen) atoms. The first-order valence-corrected chi connectivity index (χ1v) is 7.89. The van der Waals surface area contributed by atoms with Crippen LogP contribution in [-0.2, 0) is 12.8 Å². The van der Waals surface area contributed by atoms with Gasteiger partial charge in [-0.3, -0.25) is 4.90 Å². The molecule has 0 aliphatic carbocycles. The smallest absolute Gasteiger partial charge is 0.0946 e. The number of hydrogen-bond donors (Lipinski definition) is 1. The van der Waals surface area contributed by atoms with Gasteiger partial charge in [-0.05, 0) is 20.3 Å². The maximum Gasteiger partial charge on any atom is 0.0946 e. The lowest BCUT2D eigenvalue weighted by Gasteiger charge is -2.40. The van der Waals surface area contributed by atoms with Crippen LogP contribution in [0, 0.1) is 0 Å². The van der Waals surface area contributed by atoms with Crippen LogP contribution in [-0.4, -0.2) is 41.6 Å². The molecule has 2 heterocycles. The minimum Gasteiger partial charge on any atom is -0.314 e. The Balaban J connectivity index is 1.96. The SMILES string of the molecule is CCCc1csc(CC(C)(C)N2CCNCC2)n1. The quantitative estimate of drug-likeness (QED) is 0.887. The molecular weight excluding hydrogens is 242 g/mol. The van der Waals surface area contributed by atoms with Crippen LogP contribution < -0.4 is 5.32 Å². The maximum absolute atomic E-state index is 4.76. The van der Waals surface area contributed by atoms with Crippen molar-refractivity contribution in [3.8, 4) is 0 Å². The number of aryl methyl sites for hydroxylation is 1. The summed E-state index contributed by atoms with van der Waals surface area (Å²) >= 11 is 1.83. The topological polar surface area (TPSA) is 28.2 Å². The molecule has 4 heteroatoms. The fraction of sp³-hybridized carbons (Fsp3) is 0.786. The predicted molar refractivity (Wildman–Crippen MR) is 78.3 cm³/mol. The fourth-order valence-corrected chi connectivity index (χ4v) is 3.60. The summed E-state index contributed by atoms with van der Waals surface area (Å²) in [7, 11) is 0. The zero-order chi connectivity index (χ0) is 13.0. The Kier molecular flexibility index (Phi) is 4.76. The molecule has 102 valence electrons. The van der Waals surface area contributed by atoms with E-state index in [1.54, 1.807) is 0 Å². The molecule has 0 unspecified atom stereocenters. The van der Waals surface area contributed by atoms with E-state index in [1.165, 1.54) is 17.1 Å². The van der Waals surface area contributed by atoms with Gasteiger partial charge in [-0.25, -0.2) is 4.98 Å². The second-order valence-corrected chi connectivity index (χ2v) is 6.65. The first kappa shape index (κ1) is 14.0. The summed E-state index contributed by atoms with van der Waals surface area (Å²) in [5.41, 5.74) is 1.50. The number of nitrogens with zero attached hydrogens (tertiary/aromatic N) is 2. The third-order valence-electron chi connectivity index (χ3n) is 3.66. The maximum atomic E-state index is 4.76. The lowest BCUT2D eigenvalue weighted by Crippen LogP contribution is -2.54. The Morgan fingerprint density at radius 3 is 2.78 bits per heavy atom. The van der Waals surface area contributed by atoms with Crippen molar-refractivity contribution in [2.45, 2.75) is 45.6 Å². The van der Waals surface area contributed by atoms with Crippen LogP contribution in [0.1, 0.15) is 37.9 Å². The zero-order valence-electron chi connectivity index (χ0n) is 11.8.